The van der Waals surface area contributed by atoms with Gasteiger partial charge in [0.15, 0.2) is 0 Å². The van der Waals surface area contributed by atoms with Crippen molar-refractivity contribution >= 4 is 0 Å². The number of nitrogens with one attached hydrogen (secondary N) is 1. The largest absolute Gasteiger partial charge is 0.394 e. The molecule has 1 fully saturated rings. The van der Waals surface area contributed by atoms with Gasteiger partial charge in [-0.05, 0) is 18.4 Å². The van der Waals surface area contributed by atoms with Crippen LogP contribution < -0.4 is 5.32 Å². The molecule has 1 aliphatic carbocycles. The van der Waals surface area contributed by atoms with Gasteiger partial charge in [0.25, 0.3) is 0 Å². The van der Waals surface area contributed by atoms with Crippen LogP contribution in [0.25, 0.3) is 0 Å². The fraction of sp³-hybridized carbons (Fsp3) is 0.600. The molecule has 1 aromatic rings. The maximum atomic E-state index is 10.4. The summed E-state index contributed by atoms with van der Waals surface area (Å²) in [6.07, 6.45) is 5.17. The van der Waals surface area contributed by atoms with Gasteiger partial charge in [0, 0.05) is 6.54 Å². The van der Waals surface area contributed by atoms with Crippen molar-refractivity contribution in [2.75, 3.05) is 13.2 Å². The van der Waals surface area contributed by atoms with E-state index in [1.54, 1.807) is 0 Å². The highest BCUT2D eigenvalue weighted by molar-refractivity contribution is 5.19. The summed E-state index contributed by atoms with van der Waals surface area (Å²) in [6, 6.07) is 9.81. The van der Waals surface area contributed by atoms with Crippen molar-refractivity contribution in [3.63, 3.8) is 0 Å². The van der Waals surface area contributed by atoms with Crippen molar-refractivity contribution in [2.24, 2.45) is 0 Å². The van der Waals surface area contributed by atoms with Crippen LogP contribution in [0.2, 0.25) is 0 Å². The van der Waals surface area contributed by atoms with E-state index >= 15 is 0 Å². The summed E-state index contributed by atoms with van der Waals surface area (Å²) in [5, 5.41) is 23.2. The Bertz CT molecular complexity index is 347. The lowest BCUT2D eigenvalue weighted by molar-refractivity contribution is 0.00104. The topological polar surface area (TPSA) is 52.5 Å². The molecule has 1 atom stereocenters. The number of aliphatic hydroxyl groups is 2. The van der Waals surface area contributed by atoms with Crippen molar-refractivity contribution in [1.29, 1.82) is 0 Å². The van der Waals surface area contributed by atoms with Crippen LogP contribution in [0.5, 0.6) is 0 Å². The van der Waals surface area contributed by atoms with Crippen LogP contribution in [0.3, 0.4) is 0 Å². The first-order chi connectivity index (χ1) is 8.73. The lowest BCUT2D eigenvalue weighted by Crippen LogP contribution is -2.44. The molecule has 0 amide bonds. The molecule has 0 aliphatic heterocycles. The zero-order valence-corrected chi connectivity index (χ0v) is 10.8. The molecular weight excluding hydrogens is 226 g/mol. The first-order valence-corrected chi connectivity index (χ1v) is 6.85. The molecule has 100 valence electrons. The first-order valence-electron chi connectivity index (χ1n) is 6.85. The number of aliphatic hydroxyl groups excluding tert-OH is 1. The molecule has 0 saturated heterocycles. The van der Waals surface area contributed by atoms with E-state index in [1.807, 2.05) is 30.3 Å². The molecule has 0 radical (unpaired) electrons. The fourth-order valence-electron chi connectivity index (χ4n) is 2.67. The lowest BCUT2D eigenvalue weighted by Gasteiger charge is -2.33. The SMILES string of the molecule is OCC(NCC1(O)CCCCC1)c1ccccc1. The minimum atomic E-state index is -0.583. The summed E-state index contributed by atoms with van der Waals surface area (Å²) in [7, 11) is 0. The monoisotopic (exact) mass is 249 g/mol. The Morgan fingerprint density at radius 1 is 1.11 bits per heavy atom. The van der Waals surface area contributed by atoms with Gasteiger partial charge in [-0.3, -0.25) is 0 Å². The third-order valence-corrected chi connectivity index (χ3v) is 3.85. The summed E-state index contributed by atoms with van der Waals surface area (Å²) in [5.74, 6) is 0. The molecule has 1 unspecified atom stereocenters. The molecule has 18 heavy (non-hydrogen) atoms. The summed E-state index contributed by atoms with van der Waals surface area (Å²) in [4.78, 5) is 0. The molecule has 1 aliphatic rings. The van der Waals surface area contributed by atoms with Crippen LogP contribution in [-0.2, 0) is 0 Å². The summed E-state index contributed by atoms with van der Waals surface area (Å²) in [5.41, 5.74) is 0.486. The molecule has 0 heterocycles. The molecule has 3 nitrogen and oxygen atoms in total. The van der Waals surface area contributed by atoms with Crippen molar-refractivity contribution in [3.05, 3.63) is 35.9 Å². The Labute approximate surface area is 109 Å². The van der Waals surface area contributed by atoms with Gasteiger partial charge >= 0.3 is 0 Å². The average molecular weight is 249 g/mol. The Balaban J connectivity index is 1.91. The van der Waals surface area contributed by atoms with E-state index in [0.717, 1.165) is 31.2 Å². The number of benzene rings is 1. The van der Waals surface area contributed by atoms with Gasteiger partial charge in [-0.1, -0.05) is 49.6 Å². The maximum absolute atomic E-state index is 10.4. The zero-order valence-electron chi connectivity index (χ0n) is 10.8. The maximum Gasteiger partial charge on any atom is 0.0771 e. The van der Waals surface area contributed by atoms with E-state index in [1.165, 1.54) is 6.42 Å². The highest BCUT2D eigenvalue weighted by Crippen LogP contribution is 2.28. The minimum absolute atomic E-state index is 0.0556. The Kier molecular flexibility index (Phi) is 4.75. The molecule has 1 saturated carbocycles. The normalized spacial score (nSPS) is 20.6. The highest BCUT2D eigenvalue weighted by Gasteiger charge is 2.29. The van der Waals surface area contributed by atoms with E-state index in [9.17, 15) is 10.2 Å². The predicted molar refractivity (Wildman–Crippen MR) is 72.3 cm³/mol. The molecule has 3 heteroatoms. The third-order valence-electron chi connectivity index (χ3n) is 3.85. The van der Waals surface area contributed by atoms with Crippen LogP contribution in [0.15, 0.2) is 30.3 Å². The number of rotatable bonds is 5. The van der Waals surface area contributed by atoms with E-state index in [4.69, 9.17) is 0 Å². The van der Waals surface area contributed by atoms with Gasteiger partial charge in [0.1, 0.15) is 0 Å². The molecule has 0 bridgehead atoms. The molecule has 2 rings (SSSR count). The van der Waals surface area contributed by atoms with Gasteiger partial charge in [-0.2, -0.15) is 0 Å². The summed E-state index contributed by atoms with van der Waals surface area (Å²) < 4.78 is 0. The number of hydrogen-bond acceptors (Lipinski definition) is 3. The minimum Gasteiger partial charge on any atom is -0.394 e. The Morgan fingerprint density at radius 2 is 1.78 bits per heavy atom. The molecule has 0 aromatic heterocycles. The Hall–Kier alpha value is -0.900. The van der Waals surface area contributed by atoms with E-state index < -0.39 is 5.60 Å². The van der Waals surface area contributed by atoms with E-state index in [0.29, 0.717) is 6.54 Å². The van der Waals surface area contributed by atoms with Gasteiger partial charge < -0.3 is 15.5 Å². The van der Waals surface area contributed by atoms with Crippen molar-refractivity contribution in [1.82, 2.24) is 5.32 Å². The van der Waals surface area contributed by atoms with Gasteiger partial charge in [0.2, 0.25) is 0 Å². The van der Waals surface area contributed by atoms with Gasteiger partial charge in [-0.25, -0.2) is 0 Å². The van der Waals surface area contributed by atoms with Crippen molar-refractivity contribution in [2.45, 2.75) is 43.7 Å². The second-order valence-corrected chi connectivity index (χ2v) is 5.31. The second kappa shape index (κ2) is 6.32. The van der Waals surface area contributed by atoms with Gasteiger partial charge in [-0.15, -0.1) is 0 Å². The molecule has 1 aromatic carbocycles. The van der Waals surface area contributed by atoms with Crippen LogP contribution in [0.1, 0.15) is 43.7 Å². The van der Waals surface area contributed by atoms with Crippen LogP contribution in [-0.4, -0.2) is 29.0 Å². The highest BCUT2D eigenvalue weighted by atomic mass is 16.3. The zero-order chi connectivity index (χ0) is 12.8. The third kappa shape index (κ3) is 3.55. The number of hydrogen-bond donors (Lipinski definition) is 3. The molecular formula is C15H23NO2. The first kappa shape index (κ1) is 13.5. The van der Waals surface area contributed by atoms with Gasteiger partial charge in [0.05, 0.1) is 18.2 Å². The van der Waals surface area contributed by atoms with Crippen LogP contribution >= 0.6 is 0 Å². The summed E-state index contributed by atoms with van der Waals surface area (Å²) in [6.45, 7) is 0.618. The fourth-order valence-corrected chi connectivity index (χ4v) is 2.67. The standard InChI is InChI=1S/C15H23NO2/c17-11-14(13-7-3-1-4-8-13)16-12-15(18)9-5-2-6-10-15/h1,3-4,7-8,14,16-18H,2,5-6,9-12H2. The van der Waals surface area contributed by atoms with Crippen molar-refractivity contribution in [3.8, 4) is 0 Å². The average Bonchev–Trinajstić information content (AvgIpc) is 2.41. The van der Waals surface area contributed by atoms with Crippen LogP contribution in [0, 0.1) is 0 Å². The van der Waals surface area contributed by atoms with Crippen LogP contribution in [0.4, 0.5) is 0 Å². The van der Waals surface area contributed by atoms with E-state index in [-0.39, 0.29) is 12.6 Å². The smallest absolute Gasteiger partial charge is 0.0771 e. The molecule has 3 N–H and O–H groups in total. The second-order valence-electron chi connectivity index (χ2n) is 5.31. The van der Waals surface area contributed by atoms with E-state index in [2.05, 4.69) is 5.32 Å². The quantitative estimate of drug-likeness (QED) is 0.748. The lowest BCUT2D eigenvalue weighted by atomic mass is 9.84. The van der Waals surface area contributed by atoms with Crippen molar-refractivity contribution < 1.29 is 10.2 Å². The summed E-state index contributed by atoms with van der Waals surface area (Å²) >= 11 is 0. The molecule has 0 spiro atoms. The Morgan fingerprint density at radius 3 is 2.39 bits per heavy atom. The predicted octanol–water partition coefficient (Wildman–Crippen LogP) is 2.00.